The van der Waals surface area contributed by atoms with E-state index < -0.39 is 11.8 Å². The molecule has 0 aliphatic rings. The summed E-state index contributed by atoms with van der Waals surface area (Å²) in [5.41, 5.74) is 0. The van der Waals surface area contributed by atoms with Crippen molar-refractivity contribution in [2.45, 2.75) is 0 Å². The van der Waals surface area contributed by atoms with Gasteiger partial charge in [0.2, 0.25) is 0 Å². The smallest absolute Gasteiger partial charge is 0.336 e. The van der Waals surface area contributed by atoms with E-state index in [1.807, 2.05) is 0 Å². The molecule has 0 amide bonds. The first-order chi connectivity index (χ1) is 6.74. The first kappa shape index (κ1) is 10.4. The van der Waals surface area contributed by atoms with Crippen molar-refractivity contribution >= 4 is 5.97 Å². The van der Waals surface area contributed by atoms with E-state index in [0.717, 1.165) is 6.08 Å². The summed E-state index contributed by atoms with van der Waals surface area (Å²) >= 11 is 0. The van der Waals surface area contributed by atoms with Gasteiger partial charge >= 0.3 is 5.97 Å². The number of hydrogen-bond acceptors (Lipinski definition) is 3. The van der Waals surface area contributed by atoms with Crippen LogP contribution in [0.4, 0.5) is 4.39 Å². The molecule has 0 aromatic heterocycles. The first-order valence-electron chi connectivity index (χ1n) is 3.98. The van der Waals surface area contributed by atoms with Gasteiger partial charge in [-0.1, -0.05) is 18.2 Å². The van der Waals surface area contributed by atoms with Gasteiger partial charge in [0, 0.05) is 6.08 Å². The van der Waals surface area contributed by atoms with Crippen molar-refractivity contribution in [2.24, 2.45) is 0 Å². The first-order valence-corrected chi connectivity index (χ1v) is 3.98. The molecule has 74 valence electrons. The van der Waals surface area contributed by atoms with Gasteiger partial charge in [-0.25, -0.2) is 9.18 Å². The lowest BCUT2D eigenvalue weighted by Crippen LogP contribution is -2.05. The SMILES string of the molecule is O=C(C=CCO)Oc1ccccc1F. The highest BCUT2D eigenvalue weighted by atomic mass is 19.1. The minimum Gasteiger partial charge on any atom is -0.420 e. The van der Waals surface area contributed by atoms with Crippen LogP contribution < -0.4 is 4.74 Å². The number of aliphatic hydroxyl groups is 1. The number of aliphatic hydroxyl groups excluding tert-OH is 1. The summed E-state index contributed by atoms with van der Waals surface area (Å²) in [6, 6.07) is 5.59. The molecule has 14 heavy (non-hydrogen) atoms. The van der Waals surface area contributed by atoms with Crippen molar-refractivity contribution in [3.63, 3.8) is 0 Å². The number of ether oxygens (including phenoxy) is 1. The number of hydrogen-bond donors (Lipinski definition) is 1. The Hall–Kier alpha value is -1.68. The molecule has 0 bridgehead atoms. The quantitative estimate of drug-likeness (QED) is 0.450. The molecule has 0 radical (unpaired) electrons. The maximum atomic E-state index is 12.9. The second-order valence-electron chi connectivity index (χ2n) is 2.44. The van der Waals surface area contributed by atoms with Gasteiger partial charge in [0.05, 0.1) is 6.61 Å². The average Bonchev–Trinajstić information content (AvgIpc) is 2.18. The fourth-order valence-corrected chi connectivity index (χ4v) is 0.819. The number of para-hydroxylation sites is 1. The maximum Gasteiger partial charge on any atom is 0.336 e. The Kier molecular flexibility index (Phi) is 3.82. The van der Waals surface area contributed by atoms with Crippen LogP contribution in [-0.2, 0) is 4.79 Å². The topological polar surface area (TPSA) is 46.5 Å². The van der Waals surface area contributed by atoms with Crippen LogP contribution in [0.25, 0.3) is 0 Å². The summed E-state index contributed by atoms with van der Waals surface area (Å²) in [4.78, 5) is 10.9. The van der Waals surface area contributed by atoms with Crippen LogP contribution in [0, 0.1) is 5.82 Å². The predicted octanol–water partition coefficient (Wildman–Crippen LogP) is 1.28. The summed E-state index contributed by atoms with van der Waals surface area (Å²) in [5.74, 6) is -1.44. The van der Waals surface area contributed by atoms with Crippen LogP contribution in [0.1, 0.15) is 0 Å². The van der Waals surface area contributed by atoms with E-state index in [2.05, 4.69) is 4.74 Å². The van der Waals surface area contributed by atoms with Gasteiger partial charge in [0.25, 0.3) is 0 Å². The highest BCUT2D eigenvalue weighted by Gasteiger charge is 2.04. The molecule has 4 heteroatoms. The molecule has 0 heterocycles. The lowest BCUT2D eigenvalue weighted by atomic mass is 10.3. The number of carbonyl (C=O) groups is 1. The van der Waals surface area contributed by atoms with Crippen molar-refractivity contribution in [1.82, 2.24) is 0 Å². The summed E-state index contributed by atoms with van der Waals surface area (Å²) in [7, 11) is 0. The third-order valence-electron chi connectivity index (χ3n) is 1.41. The number of rotatable bonds is 3. The van der Waals surface area contributed by atoms with Crippen LogP contribution in [0.2, 0.25) is 0 Å². The Morgan fingerprint density at radius 3 is 2.86 bits per heavy atom. The molecule has 0 aliphatic heterocycles. The van der Waals surface area contributed by atoms with Crippen molar-refractivity contribution in [3.8, 4) is 5.75 Å². The van der Waals surface area contributed by atoms with E-state index in [1.54, 1.807) is 6.07 Å². The third kappa shape index (κ3) is 2.99. The number of esters is 1. The molecule has 0 saturated heterocycles. The fraction of sp³-hybridized carbons (Fsp3) is 0.100. The van der Waals surface area contributed by atoms with Gasteiger partial charge in [-0.3, -0.25) is 0 Å². The Morgan fingerprint density at radius 2 is 2.21 bits per heavy atom. The lowest BCUT2D eigenvalue weighted by molar-refractivity contribution is -0.129. The molecule has 0 aliphatic carbocycles. The molecular formula is C10H9FO3. The van der Waals surface area contributed by atoms with E-state index in [0.29, 0.717) is 0 Å². The Balaban J connectivity index is 2.65. The second-order valence-corrected chi connectivity index (χ2v) is 2.44. The minimum atomic E-state index is -0.718. The molecule has 0 saturated carbocycles. The normalized spacial score (nSPS) is 10.4. The van der Waals surface area contributed by atoms with Crippen molar-refractivity contribution in [2.75, 3.05) is 6.61 Å². The molecular weight excluding hydrogens is 187 g/mol. The summed E-state index contributed by atoms with van der Waals surface area (Å²) in [6.07, 6.45) is 2.25. The van der Waals surface area contributed by atoms with E-state index in [1.165, 1.54) is 24.3 Å². The number of halogens is 1. The fourth-order valence-electron chi connectivity index (χ4n) is 0.819. The molecule has 1 rings (SSSR count). The lowest BCUT2D eigenvalue weighted by Gasteiger charge is -2.01. The van der Waals surface area contributed by atoms with Crippen LogP contribution in [0.3, 0.4) is 0 Å². The number of carbonyl (C=O) groups excluding carboxylic acids is 1. The van der Waals surface area contributed by atoms with Crippen LogP contribution in [0.15, 0.2) is 36.4 Å². The number of benzene rings is 1. The van der Waals surface area contributed by atoms with Crippen LogP contribution in [0.5, 0.6) is 5.75 Å². The zero-order chi connectivity index (χ0) is 10.4. The Morgan fingerprint density at radius 1 is 1.50 bits per heavy atom. The average molecular weight is 196 g/mol. The minimum absolute atomic E-state index is 0.125. The van der Waals surface area contributed by atoms with E-state index in [-0.39, 0.29) is 12.4 Å². The van der Waals surface area contributed by atoms with Crippen molar-refractivity contribution in [3.05, 3.63) is 42.2 Å². The molecule has 0 unspecified atom stereocenters. The van der Waals surface area contributed by atoms with Gasteiger partial charge in [0.1, 0.15) is 0 Å². The van der Waals surface area contributed by atoms with Gasteiger partial charge in [-0.15, -0.1) is 0 Å². The van der Waals surface area contributed by atoms with Crippen molar-refractivity contribution < 1.29 is 19.0 Å². The largest absolute Gasteiger partial charge is 0.420 e. The van der Waals surface area contributed by atoms with Gasteiger partial charge < -0.3 is 9.84 Å². The summed E-state index contributed by atoms with van der Waals surface area (Å²) in [6.45, 7) is -0.258. The monoisotopic (exact) mass is 196 g/mol. The van der Waals surface area contributed by atoms with Gasteiger partial charge in [0.15, 0.2) is 11.6 Å². The van der Waals surface area contributed by atoms with Gasteiger partial charge in [-0.05, 0) is 12.1 Å². The van der Waals surface area contributed by atoms with Crippen molar-refractivity contribution in [1.29, 1.82) is 0 Å². The van der Waals surface area contributed by atoms with Gasteiger partial charge in [-0.2, -0.15) is 0 Å². The second kappa shape index (κ2) is 5.14. The highest BCUT2D eigenvalue weighted by molar-refractivity contribution is 5.84. The Bertz CT molecular complexity index is 347. The highest BCUT2D eigenvalue weighted by Crippen LogP contribution is 2.15. The summed E-state index contributed by atoms with van der Waals surface area (Å²) in [5, 5.41) is 8.37. The van der Waals surface area contributed by atoms with Crippen LogP contribution in [-0.4, -0.2) is 17.7 Å². The molecule has 0 fully saturated rings. The maximum absolute atomic E-state index is 12.9. The molecule has 1 aromatic rings. The molecule has 1 N–H and O–H groups in total. The standard InChI is InChI=1S/C10H9FO3/c11-8-4-1-2-5-9(8)14-10(13)6-3-7-12/h1-6,12H,7H2. The van der Waals surface area contributed by atoms with E-state index >= 15 is 0 Å². The van der Waals surface area contributed by atoms with E-state index in [4.69, 9.17) is 5.11 Å². The summed E-state index contributed by atoms with van der Waals surface area (Å²) < 4.78 is 17.6. The Labute approximate surface area is 80.4 Å². The zero-order valence-electron chi connectivity index (χ0n) is 7.31. The molecule has 0 spiro atoms. The molecule has 1 aromatic carbocycles. The molecule has 0 atom stereocenters. The third-order valence-corrected chi connectivity index (χ3v) is 1.41. The zero-order valence-corrected chi connectivity index (χ0v) is 7.31. The predicted molar refractivity (Wildman–Crippen MR) is 48.3 cm³/mol. The van der Waals surface area contributed by atoms with Crippen LogP contribution >= 0.6 is 0 Å². The van der Waals surface area contributed by atoms with E-state index in [9.17, 15) is 9.18 Å². The molecule has 3 nitrogen and oxygen atoms in total.